The maximum atomic E-state index is 12.9. The third-order valence-corrected chi connectivity index (χ3v) is 11.9. The van der Waals surface area contributed by atoms with Crippen molar-refractivity contribution in [3.8, 4) is 0 Å². The molecule has 0 spiro atoms. The molecule has 5 atom stereocenters. The second-order valence-electron chi connectivity index (χ2n) is 11.6. The fourth-order valence-electron chi connectivity index (χ4n) is 4.37. The largest absolute Gasteiger partial charge is 0.478 e. The molecule has 2 rings (SSSR count). The van der Waals surface area contributed by atoms with Crippen LogP contribution in [-0.4, -0.2) is 90.2 Å². The van der Waals surface area contributed by atoms with E-state index in [0.717, 1.165) is 14.2 Å². The number of rotatable bonds is 9. The minimum Gasteiger partial charge on any atom is -0.478 e. The van der Waals surface area contributed by atoms with E-state index in [9.17, 15) is 19.2 Å². The van der Waals surface area contributed by atoms with Crippen molar-refractivity contribution < 1.29 is 52.0 Å². The van der Waals surface area contributed by atoms with Crippen molar-refractivity contribution in [3.63, 3.8) is 0 Å². The summed E-state index contributed by atoms with van der Waals surface area (Å²) in [5.74, 6) is -6.96. The highest BCUT2D eigenvalue weighted by molar-refractivity contribution is 6.74. The number of methoxy groups -OCH3 is 3. The molecule has 0 aromatic heterocycles. The topological polar surface area (TPSA) is 145 Å². The van der Waals surface area contributed by atoms with Gasteiger partial charge in [-0.15, -0.1) is 0 Å². The number of carbonyl (C=O) groups excluding carboxylic acids is 4. The van der Waals surface area contributed by atoms with Crippen molar-refractivity contribution in [3.05, 3.63) is 11.8 Å². The molecule has 0 radical (unpaired) electrons. The van der Waals surface area contributed by atoms with E-state index in [1.54, 1.807) is 13.8 Å². The monoisotopic (exact) mass is 573 g/mol. The minimum absolute atomic E-state index is 0.137. The molecule has 13 heteroatoms. The maximum absolute atomic E-state index is 12.9. The lowest BCUT2D eigenvalue weighted by Crippen LogP contribution is -2.63. The van der Waals surface area contributed by atoms with Crippen LogP contribution < -0.4 is 5.32 Å². The number of esters is 3. The first-order chi connectivity index (χ1) is 17.9. The van der Waals surface area contributed by atoms with Crippen molar-refractivity contribution in [1.82, 2.24) is 5.32 Å². The third kappa shape index (κ3) is 7.59. The summed E-state index contributed by atoms with van der Waals surface area (Å²) in [5.41, 5.74) is 0. The molecule has 0 aromatic rings. The Morgan fingerprint density at radius 2 is 1.62 bits per heavy atom. The van der Waals surface area contributed by atoms with E-state index in [1.807, 2.05) is 13.1 Å². The van der Waals surface area contributed by atoms with E-state index >= 15 is 0 Å². The first-order valence-electron chi connectivity index (χ1n) is 12.8. The highest BCUT2D eigenvalue weighted by atomic mass is 28.4. The Morgan fingerprint density at radius 3 is 2.03 bits per heavy atom. The molecule has 0 saturated carbocycles. The van der Waals surface area contributed by atoms with Crippen LogP contribution >= 0.6 is 0 Å². The van der Waals surface area contributed by atoms with Gasteiger partial charge in [0.25, 0.3) is 0 Å². The highest BCUT2D eigenvalue weighted by Gasteiger charge is 2.55. The summed E-state index contributed by atoms with van der Waals surface area (Å²) in [5, 5.41) is 2.57. The first kappa shape index (κ1) is 32.7. The summed E-state index contributed by atoms with van der Waals surface area (Å²) in [7, 11) is 0.884. The van der Waals surface area contributed by atoms with Gasteiger partial charge in [-0.05, 0) is 38.1 Å². The van der Waals surface area contributed by atoms with Crippen LogP contribution in [0, 0.1) is 11.8 Å². The summed E-state index contributed by atoms with van der Waals surface area (Å²) in [6.45, 7) is 15.2. The lowest BCUT2D eigenvalue weighted by atomic mass is 9.79. The molecule has 0 aromatic carbocycles. The van der Waals surface area contributed by atoms with Gasteiger partial charge in [0.2, 0.25) is 11.7 Å². The Balaban J connectivity index is 2.78. The molecule has 0 aliphatic carbocycles. The van der Waals surface area contributed by atoms with Gasteiger partial charge >= 0.3 is 17.9 Å². The number of hydrogen-bond donors (Lipinski definition) is 1. The van der Waals surface area contributed by atoms with Gasteiger partial charge in [-0.25, -0.2) is 4.79 Å². The van der Waals surface area contributed by atoms with Gasteiger partial charge in [0.1, 0.15) is 18.3 Å². The molecule has 2 heterocycles. The van der Waals surface area contributed by atoms with Gasteiger partial charge < -0.3 is 38.2 Å². The van der Waals surface area contributed by atoms with Crippen molar-refractivity contribution in [2.24, 2.45) is 11.8 Å². The van der Waals surface area contributed by atoms with E-state index in [-0.39, 0.29) is 17.4 Å². The summed E-state index contributed by atoms with van der Waals surface area (Å²) in [6, 6.07) is -1.04. The lowest BCUT2D eigenvalue weighted by Gasteiger charge is -2.47. The molecule has 0 unspecified atom stereocenters. The molecule has 1 saturated heterocycles. The second-order valence-corrected chi connectivity index (χ2v) is 16.4. The van der Waals surface area contributed by atoms with Crippen LogP contribution in [-0.2, 0) is 52.0 Å². The Morgan fingerprint density at radius 1 is 1.05 bits per heavy atom. The summed E-state index contributed by atoms with van der Waals surface area (Å²) < 4.78 is 39.8. The molecule has 2 aliphatic rings. The predicted octanol–water partition coefficient (Wildman–Crippen LogP) is 2.07. The molecule has 12 nitrogen and oxygen atoms in total. The third-order valence-electron chi connectivity index (χ3n) is 7.38. The maximum Gasteiger partial charge on any atom is 0.372 e. The van der Waals surface area contributed by atoms with E-state index < -0.39 is 74.1 Å². The number of nitrogens with one attached hydrogen (secondary N) is 1. The summed E-state index contributed by atoms with van der Waals surface area (Å²) >= 11 is 0. The van der Waals surface area contributed by atoms with Crippen molar-refractivity contribution >= 4 is 32.1 Å². The van der Waals surface area contributed by atoms with Crippen LogP contribution in [0.15, 0.2) is 11.8 Å². The van der Waals surface area contributed by atoms with Gasteiger partial charge in [0.05, 0.1) is 34.0 Å². The second kappa shape index (κ2) is 12.4. The fraction of sp³-hybridized carbons (Fsp3) is 0.769. The van der Waals surface area contributed by atoms with Gasteiger partial charge in [0, 0.05) is 12.8 Å². The van der Waals surface area contributed by atoms with Gasteiger partial charge in [-0.2, -0.15) is 0 Å². The lowest BCUT2D eigenvalue weighted by molar-refractivity contribution is -0.173. The zero-order valence-electron chi connectivity index (χ0n) is 24.7. The van der Waals surface area contributed by atoms with Crippen LogP contribution in [0.1, 0.15) is 41.5 Å². The van der Waals surface area contributed by atoms with Crippen LogP contribution in [0.2, 0.25) is 18.1 Å². The van der Waals surface area contributed by atoms with Crippen LogP contribution in [0.3, 0.4) is 0 Å². The van der Waals surface area contributed by atoms with E-state index in [1.165, 1.54) is 20.1 Å². The van der Waals surface area contributed by atoms with E-state index in [0.29, 0.717) is 0 Å². The number of amides is 1. The average molecular weight is 574 g/mol. The van der Waals surface area contributed by atoms with Crippen LogP contribution in [0.5, 0.6) is 0 Å². The van der Waals surface area contributed by atoms with Gasteiger partial charge in [-0.3, -0.25) is 14.4 Å². The normalized spacial score (nSPS) is 25.7. The number of carbonyl (C=O) groups is 4. The molecule has 0 bridgehead atoms. The molecular weight excluding hydrogens is 530 g/mol. The number of ether oxygens (including phenoxy) is 6. The predicted molar refractivity (Wildman–Crippen MR) is 141 cm³/mol. The molecular formula is C26H43NO11Si. The molecule has 222 valence electrons. The zero-order chi connectivity index (χ0) is 29.9. The summed E-state index contributed by atoms with van der Waals surface area (Å²) in [4.78, 5) is 51.0. The highest BCUT2D eigenvalue weighted by Crippen LogP contribution is 2.42. The van der Waals surface area contributed by atoms with Crippen molar-refractivity contribution in [2.45, 2.75) is 89.8 Å². The number of hydrogen-bond acceptors (Lipinski definition) is 11. The van der Waals surface area contributed by atoms with E-state index in [4.69, 9.17) is 32.8 Å². The van der Waals surface area contributed by atoms with Crippen LogP contribution in [0.25, 0.3) is 0 Å². The van der Waals surface area contributed by atoms with Gasteiger partial charge in [0.15, 0.2) is 20.0 Å². The van der Waals surface area contributed by atoms with E-state index in [2.05, 4.69) is 26.1 Å². The Labute approximate surface area is 231 Å². The first-order valence-corrected chi connectivity index (χ1v) is 15.7. The Kier molecular flexibility index (Phi) is 10.4. The molecule has 39 heavy (non-hydrogen) atoms. The smallest absolute Gasteiger partial charge is 0.372 e. The van der Waals surface area contributed by atoms with Crippen molar-refractivity contribution in [2.75, 3.05) is 27.9 Å². The summed E-state index contributed by atoms with van der Waals surface area (Å²) in [6.07, 6.45) is -1.40. The quantitative estimate of drug-likeness (QED) is 0.187. The Hall–Kier alpha value is -2.48. The Bertz CT molecular complexity index is 955. The molecule has 1 fully saturated rings. The minimum atomic E-state index is -2.55. The van der Waals surface area contributed by atoms with Crippen LogP contribution in [0.4, 0.5) is 0 Å². The molecule has 1 amide bonds. The zero-order valence-corrected chi connectivity index (χ0v) is 25.7. The molecule has 2 aliphatic heterocycles. The standard InChI is InChI=1S/C26H43NO11Si/c1-14(28)27-19-15(18(23(30)33-8)24(31)34-9)12-16(22(29)32-7)36-21(19)20(17-13-35-26(5,6)37-17)38-39(10,11)25(2,3)4/h12,15,17-21H,13H2,1-11H3,(H,27,28)/t15-,17-,19-,20-,21-/m1/s1. The average Bonchev–Trinajstić information content (AvgIpc) is 3.20. The molecule has 1 N–H and O–H groups in total. The fourth-order valence-corrected chi connectivity index (χ4v) is 5.69. The van der Waals surface area contributed by atoms with Gasteiger partial charge in [-0.1, -0.05) is 20.8 Å². The SMILES string of the molecule is COC(=O)C1=C[C@H](C(C(=O)OC)C(=O)OC)[C@@H](NC(C)=O)[C@H]([C@H](O[Si](C)(C)C(C)(C)C)[C@H]2COC(C)(C)O2)O1. The van der Waals surface area contributed by atoms with Crippen molar-refractivity contribution in [1.29, 1.82) is 0 Å².